The highest BCUT2D eigenvalue weighted by Gasteiger charge is 2.21. The highest BCUT2D eigenvalue weighted by molar-refractivity contribution is 4.79. The summed E-state index contributed by atoms with van der Waals surface area (Å²) in [5, 5.41) is 3.63. The van der Waals surface area contributed by atoms with Gasteiger partial charge in [0, 0.05) is 12.6 Å². The zero-order chi connectivity index (χ0) is 13.4. The molecule has 0 aliphatic carbocycles. The van der Waals surface area contributed by atoms with E-state index < -0.39 is 0 Å². The van der Waals surface area contributed by atoms with E-state index in [-0.39, 0.29) is 0 Å². The molecule has 1 N–H and O–H groups in total. The molecule has 0 bridgehead atoms. The van der Waals surface area contributed by atoms with Crippen LogP contribution in [0.3, 0.4) is 0 Å². The van der Waals surface area contributed by atoms with E-state index in [4.69, 9.17) is 0 Å². The van der Waals surface area contributed by atoms with Gasteiger partial charge in [0.15, 0.2) is 0 Å². The van der Waals surface area contributed by atoms with Crippen molar-refractivity contribution in [3.63, 3.8) is 0 Å². The molecule has 1 rings (SSSR count). The minimum absolute atomic E-state index is 0.760. The van der Waals surface area contributed by atoms with Crippen molar-refractivity contribution in [3.8, 4) is 0 Å². The molecule has 0 radical (unpaired) electrons. The van der Waals surface area contributed by atoms with Gasteiger partial charge in [0.2, 0.25) is 0 Å². The molecule has 18 heavy (non-hydrogen) atoms. The van der Waals surface area contributed by atoms with Crippen LogP contribution in [-0.2, 0) is 0 Å². The van der Waals surface area contributed by atoms with Crippen LogP contribution in [0.4, 0.5) is 0 Å². The predicted octanol–water partition coefficient (Wildman–Crippen LogP) is 2.04. The fraction of sp³-hybridized carbons (Fsp3) is 1.00. The number of hydrogen-bond acceptors (Lipinski definition) is 3. The maximum absolute atomic E-state index is 3.63. The lowest BCUT2D eigenvalue weighted by Crippen LogP contribution is -2.46. The molecule has 1 fully saturated rings. The van der Waals surface area contributed by atoms with Crippen molar-refractivity contribution < 1.29 is 0 Å². The number of likely N-dealkylation sites (tertiary alicyclic amines) is 1. The summed E-state index contributed by atoms with van der Waals surface area (Å²) in [6.45, 7) is 10.7. The second kappa shape index (κ2) is 8.89. The fourth-order valence-corrected chi connectivity index (χ4v) is 2.71. The van der Waals surface area contributed by atoms with Crippen LogP contribution in [0.2, 0.25) is 0 Å². The van der Waals surface area contributed by atoms with Crippen LogP contribution < -0.4 is 5.32 Å². The average Bonchev–Trinajstić information content (AvgIpc) is 2.30. The first-order valence-corrected chi connectivity index (χ1v) is 7.69. The molecule has 3 heteroatoms. The highest BCUT2D eigenvalue weighted by atomic mass is 15.2. The zero-order valence-corrected chi connectivity index (χ0v) is 12.9. The number of nitrogens with one attached hydrogen (secondary N) is 1. The molecule has 0 saturated carbocycles. The van der Waals surface area contributed by atoms with Crippen LogP contribution in [-0.4, -0.2) is 62.7 Å². The van der Waals surface area contributed by atoms with E-state index >= 15 is 0 Å². The van der Waals surface area contributed by atoms with Gasteiger partial charge in [-0.1, -0.05) is 20.3 Å². The number of nitrogens with zero attached hydrogens (tertiary/aromatic N) is 2. The van der Waals surface area contributed by atoms with Gasteiger partial charge in [-0.2, -0.15) is 0 Å². The molecule has 1 aliphatic rings. The topological polar surface area (TPSA) is 18.5 Å². The van der Waals surface area contributed by atoms with E-state index in [1.54, 1.807) is 0 Å². The van der Waals surface area contributed by atoms with Crippen molar-refractivity contribution >= 4 is 0 Å². The predicted molar refractivity (Wildman–Crippen MR) is 80.1 cm³/mol. The molecule has 1 unspecified atom stereocenters. The fourth-order valence-electron chi connectivity index (χ4n) is 2.71. The lowest BCUT2D eigenvalue weighted by Gasteiger charge is -2.36. The molecule has 0 aromatic heterocycles. The maximum Gasteiger partial charge on any atom is 0.0220 e. The first-order chi connectivity index (χ1) is 8.59. The van der Waals surface area contributed by atoms with Crippen LogP contribution in [0.5, 0.6) is 0 Å². The van der Waals surface area contributed by atoms with Crippen molar-refractivity contribution in [1.29, 1.82) is 0 Å². The van der Waals surface area contributed by atoms with Gasteiger partial charge in [0.1, 0.15) is 0 Å². The molecule has 1 atom stereocenters. The molecule has 1 heterocycles. The minimum Gasteiger partial charge on any atom is -0.315 e. The van der Waals surface area contributed by atoms with E-state index in [0.717, 1.165) is 18.5 Å². The minimum atomic E-state index is 0.760. The summed E-state index contributed by atoms with van der Waals surface area (Å²) in [7, 11) is 4.33. The molecule has 3 nitrogen and oxygen atoms in total. The Morgan fingerprint density at radius 1 is 1.28 bits per heavy atom. The quantitative estimate of drug-likeness (QED) is 0.716. The second-order valence-electron chi connectivity index (χ2n) is 6.39. The van der Waals surface area contributed by atoms with Gasteiger partial charge in [-0.3, -0.25) is 4.90 Å². The van der Waals surface area contributed by atoms with Crippen LogP contribution in [0.25, 0.3) is 0 Å². The Kier molecular flexibility index (Phi) is 7.87. The summed E-state index contributed by atoms with van der Waals surface area (Å²) in [4.78, 5) is 5.00. The average molecular weight is 255 g/mol. The van der Waals surface area contributed by atoms with Gasteiger partial charge in [-0.15, -0.1) is 0 Å². The van der Waals surface area contributed by atoms with Crippen LogP contribution in [0, 0.1) is 5.92 Å². The molecule has 0 aromatic rings. The zero-order valence-electron chi connectivity index (χ0n) is 12.9. The second-order valence-corrected chi connectivity index (χ2v) is 6.39. The smallest absolute Gasteiger partial charge is 0.0220 e. The summed E-state index contributed by atoms with van der Waals surface area (Å²) in [5.74, 6) is 0.760. The van der Waals surface area contributed by atoms with Crippen LogP contribution in [0.1, 0.15) is 39.5 Å². The number of piperidine rings is 1. The Morgan fingerprint density at radius 2 is 2.06 bits per heavy atom. The van der Waals surface area contributed by atoms with Gasteiger partial charge in [0.05, 0.1) is 0 Å². The molecule has 1 aliphatic heterocycles. The lowest BCUT2D eigenvalue weighted by molar-refractivity contribution is 0.139. The Balaban J connectivity index is 2.23. The van der Waals surface area contributed by atoms with Crippen LogP contribution in [0.15, 0.2) is 0 Å². The number of rotatable bonds is 8. The van der Waals surface area contributed by atoms with E-state index in [9.17, 15) is 0 Å². The molecule has 1 saturated heterocycles. The third-order valence-corrected chi connectivity index (χ3v) is 3.73. The van der Waals surface area contributed by atoms with Gasteiger partial charge in [-0.25, -0.2) is 0 Å². The Morgan fingerprint density at radius 3 is 2.72 bits per heavy atom. The Labute approximate surface area is 114 Å². The first kappa shape index (κ1) is 15.9. The molecule has 0 aromatic carbocycles. The third kappa shape index (κ3) is 6.72. The summed E-state index contributed by atoms with van der Waals surface area (Å²) < 4.78 is 0. The van der Waals surface area contributed by atoms with Gasteiger partial charge >= 0.3 is 0 Å². The highest BCUT2D eigenvalue weighted by Crippen LogP contribution is 2.16. The normalized spacial score (nSPS) is 22.0. The molecular weight excluding hydrogens is 222 g/mol. The largest absolute Gasteiger partial charge is 0.315 e. The summed E-state index contributed by atoms with van der Waals surface area (Å²) in [6.07, 6.45) is 5.49. The Hall–Kier alpha value is -0.120. The molecule has 0 amide bonds. The monoisotopic (exact) mass is 255 g/mol. The van der Waals surface area contributed by atoms with Crippen molar-refractivity contribution in [2.75, 3.05) is 46.8 Å². The molecular formula is C15H33N3. The third-order valence-electron chi connectivity index (χ3n) is 3.73. The molecule has 0 spiro atoms. The Bertz CT molecular complexity index is 182. The van der Waals surface area contributed by atoms with Crippen molar-refractivity contribution in [2.24, 2.45) is 5.92 Å². The van der Waals surface area contributed by atoms with Gasteiger partial charge in [0.25, 0.3) is 0 Å². The van der Waals surface area contributed by atoms with E-state index in [2.05, 4.69) is 43.1 Å². The van der Waals surface area contributed by atoms with Gasteiger partial charge < -0.3 is 10.2 Å². The first-order valence-electron chi connectivity index (χ1n) is 7.69. The summed E-state index contributed by atoms with van der Waals surface area (Å²) in [5.41, 5.74) is 0. The van der Waals surface area contributed by atoms with Crippen LogP contribution >= 0.6 is 0 Å². The summed E-state index contributed by atoms with van der Waals surface area (Å²) >= 11 is 0. The van der Waals surface area contributed by atoms with E-state index in [1.165, 1.54) is 51.9 Å². The standard InChI is InChI=1S/C15H33N3/c1-14(2)12-16-13-15-8-5-6-10-18(15)11-7-9-17(3)4/h14-16H,5-13H2,1-4H3. The van der Waals surface area contributed by atoms with Crippen molar-refractivity contribution in [1.82, 2.24) is 15.1 Å². The SMILES string of the molecule is CC(C)CNCC1CCCCN1CCCN(C)C. The van der Waals surface area contributed by atoms with E-state index in [1.807, 2.05) is 0 Å². The lowest BCUT2D eigenvalue weighted by atomic mass is 10.0. The van der Waals surface area contributed by atoms with Crippen molar-refractivity contribution in [2.45, 2.75) is 45.6 Å². The van der Waals surface area contributed by atoms with E-state index in [0.29, 0.717) is 0 Å². The van der Waals surface area contributed by atoms with Crippen molar-refractivity contribution in [3.05, 3.63) is 0 Å². The number of hydrogen-bond donors (Lipinski definition) is 1. The maximum atomic E-state index is 3.63. The summed E-state index contributed by atoms with van der Waals surface area (Å²) in [6, 6.07) is 0.777. The van der Waals surface area contributed by atoms with Gasteiger partial charge in [-0.05, 0) is 65.5 Å². The molecule has 108 valence electrons.